The van der Waals surface area contributed by atoms with E-state index < -0.39 is 20.7 Å². The quantitative estimate of drug-likeness (QED) is 0.878. The molecule has 0 saturated heterocycles. The molecule has 0 aliphatic rings. The van der Waals surface area contributed by atoms with Crippen LogP contribution < -0.4 is 0 Å². The van der Waals surface area contributed by atoms with Crippen molar-refractivity contribution >= 4 is 21.2 Å². The number of sulfone groups is 1. The molecule has 15 heavy (non-hydrogen) atoms. The van der Waals surface area contributed by atoms with E-state index in [1.807, 2.05) is 17.5 Å². The highest BCUT2D eigenvalue weighted by atomic mass is 32.2. The minimum absolute atomic E-state index is 0.387. The van der Waals surface area contributed by atoms with E-state index in [9.17, 15) is 13.5 Å². The predicted molar refractivity (Wildman–Crippen MR) is 63.0 cm³/mol. The van der Waals surface area contributed by atoms with Gasteiger partial charge in [-0.05, 0) is 25.3 Å². The third kappa shape index (κ3) is 2.80. The Morgan fingerprint density at radius 2 is 2.13 bits per heavy atom. The lowest BCUT2D eigenvalue weighted by Gasteiger charge is -2.28. The number of thiophene rings is 1. The van der Waals surface area contributed by atoms with Gasteiger partial charge in [-0.2, -0.15) is 0 Å². The summed E-state index contributed by atoms with van der Waals surface area (Å²) in [4.78, 5) is 0.999. The molecule has 0 radical (unpaired) electrons. The summed E-state index contributed by atoms with van der Waals surface area (Å²) >= 11 is 1.52. The van der Waals surface area contributed by atoms with Crippen molar-refractivity contribution in [2.24, 2.45) is 0 Å². The van der Waals surface area contributed by atoms with Gasteiger partial charge in [-0.25, -0.2) is 8.42 Å². The van der Waals surface area contributed by atoms with E-state index in [1.165, 1.54) is 11.3 Å². The van der Waals surface area contributed by atoms with Gasteiger partial charge in [0.1, 0.15) is 0 Å². The van der Waals surface area contributed by atoms with Crippen LogP contribution in [0.1, 0.15) is 18.7 Å². The number of aliphatic hydroxyl groups excluding tert-OH is 1. The molecule has 1 atom stereocenters. The average Bonchev–Trinajstić information content (AvgIpc) is 2.54. The first kappa shape index (κ1) is 12.7. The van der Waals surface area contributed by atoms with Gasteiger partial charge >= 0.3 is 0 Å². The van der Waals surface area contributed by atoms with Gasteiger partial charge in [0.05, 0.1) is 10.9 Å². The van der Waals surface area contributed by atoms with Gasteiger partial charge in [-0.1, -0.05) is 6.07 Å². The lowest BCUT2D eigenvalue weighted by atomic mass is 10.0. The highest BCUT2D eigenvalue weighted by Crippen LogP contribution is 2.24. The van der Waals surface area contributed by atoms with E-state index in [2.05, 4.69) is 0 Å². The fraction of sp³-hybridized carbons (Fsp3) is 0.600. The molecule has 0 saturated carbocycles. The molecule has 0 amide bonds. The van der Waals surface area contributed by atoms with Crippen molar-refractivity contribution in [2.45, 2.75) is 31.1 Å². The number of aliphatic hydroxyl groups is 1. The topological polar surface area (TPSA) is 54.4 Å². The zero-order valence-electron chi connectivity index (χ0n) is 9.10. The number of hydrogen-bond donors (Lipinski definition) is 1. The molecule has 1 aromatic heterocycles. The van der Waals surface area contributed by atoms with Crippen LogP contribution in [0, 0.1) is 0 Å². The van der Waals surface area contributed by atoms with Crippen molar-refractivity contribution in [3.63, 3.8) is 0 Å². The first-order chi connectivity index (χ1) is 6.75. The van der Waals surface area contributed by atoms with Crippen molar-refractivity contribution in [3.8, 4) is 0 Å². The lowest BCUT2D eigenvalue weighted by molar-refractivity contribution is 0.138. The smallest absolute Gasteiger partial charge is 0.155 e. The van der Waals surface area contributed by atoms with Crippen LogP contribution in [0.25, 0.3) is 0 Å². The Morgan fingerprint density at radius 3 is 2.53 bits per heavy atom. The highest BCUT2D eigenvalue weighted by molar-refractivity contribution is 7.92. The van der Waals surface area contributed by atoms with Gasteiger partial charge in [0.15, 0.2) is 9.84 Å². The molecule has 86 valence electrons. The summed E-state index contributed by atoms with van der Waals surface area (Å²) in [7, 11) is -3.25. The van der Waals surface area contributed by atoms with Crippen molar-refractivity contribution in [3.05, 3.63) is 22.4 Å². The Kier molecular flexibility index (Phi) is 3.58. The molecule has 0 aromatic carbocycles. The van der Waals surface area contributed by atoms with Gasteiger partial charge in [0.25, 0.3) is 0 Å². The van der Waals surface area contributed by atoms with E-state index in [4.69, 9.17) is 0 Å². The minimum atomic E-state index is -3.25. The lowest BCUT2D eigenvalue weighted by Crippen LogP contribution is -2.44. The molecule has 1 heterocycles. The third-order valence-corrected chi connectivity index (χ3v) is 5.81. The SMILES string of the molecule is CC(C)(C(O)Cc1cccs1)S(C)(=O)=O. The molecule has 0 aliphatic heterocycles. The van der Waals surface area contributed by atoms with E-state index >= 15 is 0 Å². The average molecular weight is 248 g/mol. The maximum atomic E-state index is 11.5. The van der Waals surface area contributed by atoms with Crippen LogP contribution in [0.3, 0.4) is 0 Å². The van der Waals surface area contributed by atoms with Gasteiger partial charge in [0, 0.05) is 17.6 Å². The second-order valence-corrected chi connectivity index (χ2v) is 7.80. The maximum absolute atomic E-state index is 11.5. The first-order valence-corrected chi connectivity index (χ1v) is 7.42. The largest absolute Gasteiger partial charge is 0.391 e. The Hall–Kier alpha value is -0.390. The van der Waals surface area contributed by atoms with E-state index in [1.54, 1.807) is 13.8 Å². The Labute approximate surface area is 94.7 Å². The monoisotopic (exact) mass is 248 g/mol. The molecule has 1 unspecified atom stereocenters. The molecule has 1 rings (SSSR count). The zero-order chi connectivity index (χ0) is 11.7. The Bertz CT molecular complexity index is 404. The number of hydrogen-bond acceptors (Lipinski definition) is 4. The molecule has 0 spiro atoms. The summed E-state index contributed by atoms with van der Waals surface area (Å²) in [5, 5.41) is 11.8. The van der Waals surface area contributed by atoms with Gasteiger partial charge in [-0.15, -0.1) is 11.3 Å². The van der Waals surface area contributed by atoms with Crippen molar-refractivity contribution in [1.82, 2.24) is 0 Å². The predicted octanol–water partition coefficient (Wildman–Crippen LogP) is 1.47. The third-order valence-electron chi connectivity index (χ3n) is 2.73. The van der Waals surface area contributed by atoms with Crippen molar-refractivity contribution in [1.29, 1.82) is 0 Å². The standard InChI is InChI=1S/C10H16O3S2/c1-10(2,15(3,12)13)9(11)7-8-5-4-6-14-8/h4-6,9,11H,7H2,1-3H3. The second kappa shape index (κ2) is 4.23. The fourth-order valence-corrected chi connectivity index (χ4v) is 2.43. The first-order valence-electron chi connectivity index (χ1n) is 4.65. The van der Waals surface area contributed by atoms with Gasteiger partial charge < -0.3 is 5.11 Å². The zero-order valence-corrected chi connectivity index (χ0v) is 10.7. The molecule has 5 heteroatoms. The molecule has 3 nitrogen and oxygen atoms in total. The van der Waals surface area contributed by atoms with E-state index in [-0.39, 0.29) is 0 Å². The second-order valence-electron chi connectivity index (χ2n) is 4.17. The number of rotatable bonds is 4. The summed E-state index contributed by atoms with van der Waals surface area (Å²) in [6, 6.07) is 3.78. The van der Waals surface area contributed by atoms with E-state index in [0.717, 1.165) is 11.1 Å². The van der Waals surface area contributed by atoms with Gasteiger partial charge in [0.2, 0.25) is 0 Å². The van der Waals surface area contributed by atoms with Crippen LogP contribution in [0.5, 0.6) is 0 Å². The summed E-state index contributed by atoms with van der Waals surface area (Å²) in [6.07, 6.45) is 0.675. The van der Waals surface area contributed by atoms with Crippen LogP contribution in [-0.4, -0.2) is 30.6 Å². The van der Waals surface area contributed by atoms with Crippen LogP contribution in [0.15, 0.2) is 17.5 Å². The molecular weight excluding hydrogens is 232 g/mol. The van der Waals surface area contributed by atoms with Crippen molar-refractivity contribution < 1.29 is 13.5 Å². The van der Waals surface area contributed by atoms with Crippen LogP contribution in [-0.2, 0) is 16.3 Å². The summed E-state index contributed by atoms with van der Waals surface area (Å²) in [5.41, 5.74) is 0. The summed E-state index contributed by atoms with van der Waals surface area (Å²) in [5.74, 6) is 0. The van der Waals surface area contributed by atoms with Crippen molar-refractivity contribution in [2.75, 3.05) is 6.26 Å². The fourth-order valence-electron chi connectivity index (χ4n) is 1.11. The van der Waals surface area contributed by atoms with E-state index in [0.29, 0.717) is 6.42 Å². The minimum Gasteiger partial charge on any atom is -0.391 e. The molecule has 1 N–H and O–H groups in total. The molecule has 0 aliphatic carbocycles. The molecule has 1 aromatic rings. The Balaban J connectivity index is 2.81. The van der Waals surface area contributed by atoms with Crippen LogP contribution in [0.2, 0.25) is 0 Å². The molecule has 0 bridgehead atoms. The highest BCUT2D eigenvalue weighted by Gasteiger charge is 2.37. The Morgan fingerprint density at radius 1 is 1.53 bits per heavy atom. The van der Waals surface area contributed by atoms with Crippen LogP contribution >= 0.6 is 11.3 Å². The molecular formula is C10H16O3S2. The summed E-state index contributed by atoms with van der Waals surface area (Å²) < 4.78 is 21.8. The summed E-state index contributed by atoms with van der Waals surface area (Å²) in [6.45, 7) is 3.11. The van der Waals surface area contributed by atoms with Gasteiger partial charge in [-0.3, -0.25) is 0 Å². The normalized spacial score (nSPS) is 15.2. The molecule has 0 fully saturated rings. The maximum Gasteiger partial charge on any atom is 0.155 e. The van der Waals surface area contributed by atoms with Crippen LogP contribution in [0.4, 0.5) is 0 Å².